The van der Waals surface area contributed by atoms with E-state index in [1.165, 1.54) is 23.2 Å². The van der Waals surface area contributed by atoms with Crippen molar-refractivity contribution in [1.29, 1.82) is 5.26 Å². The molecule has 1 saturated carbocycles. The highest BCUT2D eigenvalue weighted by Crippen LogP contribution is 2.29. The van der Waals surface area contributed by atoms with Gasteiger partial charge in [0.15, 0.2) is 0 Å². The average molecular weight is 214 g/mol. The van der Waals surface area contributed by atoms with Crippen molar-refractivity contribution in [1.82, 2.24) is 0 Å². The highest BCUT2D eigenvalue weighted by molar-refractivity contribution is 5.54. The number of aryl methyl sites for hydroxylation is 1. The largest absolute Gasteiger partial charge is 0.381 e. The lowest BCUT2D eigenvalue weighted by Gasteiger charge is -2.19. The smallest absolute Gasteiger partial charge is 0.0677 e. The molecule has 1 aromatic carbocycles. The van der Waals surface area contributed by atoms with Crippen LogP contribution in [0.15, 0.2) is 18.2 Å². The fourth-order valence-corrected chi connectivity index (χ4v) is 2.39. The SMILES string of the molecule is Cc1cccc(NC2CCCC2C#N)c1C. The molecule has 1 aliphatic rings. The Morgan fingerprint density at radius 3 is 2.88 bits per heavy atom. The van der Waals surface area contributed by atoms with Gasteiger partial charge in [-0.05, 0) is 50.3 Å². The number of nitriles is 1. The predicted molar refractivity (Wildman–Crippen MR) is 66.3 cm³/mol. The van der Waals surface area contributed by atoms with E-state index < -0.39 is 0 Å². The van der Waals surface area contributed by atoms with Gasteiger partial charge >= 0.3 is 0 Å². The van der Waals surface area contributed by atoms with Crippen LogP contribution in [0.25, 0.3) is 0 Å². The van der Waals surface area contributed by atoms with E-state index in [1.54, 1.807) is 0 Å². The molecule has 84 valence electrons. The van der Waals surface area contributed by atoms with Gasteiger partial charge in [-0.1, -0.05) is 12.1 Å². The van der Waals surface area contributed by atoms with Crippen LogP contribution in [-0.2, 0) is 0 Å². The molecule has 2 unspecified atom stereocenters. The Hall–Kier alpha value is -1.49. The lowest BCUT2D eigenvalue weighted by atomic mass is 10.0. The summed E-state index contributed by atoms with van der Waals surface area (Å²) in [5.74, 6) is 0.180. The average Bonchev–Trinajstić information content (AvgIpc) is 2.72. The second kappa shape index (κ2) is 4.57. The molecule has 0 saturated heterocycles. The Morgan fingerprint density at radius 2 is 2.12 bits per heavy atom. The maximum atomic E-state index is 9.05. The second-order valence-corrected chi connectivity index (χ2v) is 4.66. The molecule has 1 aliphatic carbocycles. The molecule has 2 nitrogen and oxygen atoms in total. The van der Waals surface area contributed by atoms with E-state index in [-0.39, 0.29) is 5.92 Å². The fourth-order valence-electron chi connectivity index (χ4n) is 2.39. The Labute approximate surface area is 97.3 Å². The summed E-state index contributed by atoms with van der Waals surface area (Å²) >= 11 is 0. The minimum Gasteiger partial charge on any atom is -0.381 e. The number of anilines is 1. The van der Waals surface area contributed by atoms with Gasteiger partial charge in [-0.3, -0.25) is 0 Å². The first-order chi connectivity index (χ1) is 7.72. The van der Waals surface area contributed by atoms with Crippen LogP contribution in [0.5, 0.6) is 0 Å². The third kappa shape index (κ3) is 2.04. The molecule has 1 fully saturated rings. The van der Waals surface area contributed by atoms with E-state index in [4.69, 9.17) is 5.26 Å². The molecule has 0 heterocycles. The molecular formula is C14H18N2. The summed E-state index contributed by atoms with van der Waals surface area (Å²) in [7, 11) is 0. The lowest BCUT2D eigenvalue weighted by molar-refractivity contribution is 0.629. The van der Waals surface area contributed by atoms with Gasteiger partial charge in [0, 0.05) is 11.7 Å². The van der Waals surface area contributed by atoms with E-state index in [2.05, 4.69) is 43.4 Å². The zero-order chi connectivity index (χ0) is 11.5. The number of rotatable bonds is 2. The van der Waals surface area contributed by atoms with Gasteiger partial charge in [-0.25, -0.2) is 0 Å². The van der Waals surface area contributed by atoms with Crippen molar-refractivity contribution in [3.05, 3.63) is 29.3 Å². The Balaban J connectivity index is 2.15. The fraction of sp³-hybridized carbons (Fsp3) is 0.500. The van der Waals surface area contributed by atoms with Crippen molar-refractivity contribution in [2.75, 3.05) is 5.32 Å². The zero-order valence-electron chi connectivity index (χ0n) is 9.96. The minimum absolute atomic E-state index is 0.180. The Kier molecular flexibility index (Phi) is 3.14. The molecule has 2 heteroatoms. The van der Waals surface area contributed by atoms with Crippen molar-refractivity contribution < 1.29 is 0 Å². The number of nitrogens with zero attached hydrogens (tertiary/aromatic N) is 1. The summed E-state index contributed by atoms with van der Waals surface area (Å²) in [4.78, 5) is 0. The van der Waals surface area contributed by atoms with Crippen LogP contribution in [0.1, 0.15) is 30.4 Å². The topological polar surface area (TPSA) is 35.8 Å². The first-order valence-electron chi connectivity index (χ1n) is 5.94. The van der Waals surface area contributed by atoms with Gasteiger partial charge in [0.2, 0.25) is 0 Å². The van der Waals surface area contributed by atoms with Gasteiger partial charge in [-0.15, -0.1) is 0 Å². The molecule has 0 amide bonds. The summed E-state index contributed by atoms with van der Waals surface area (Å²) in [5, 5.41) is 12.6. The predicted octanol–water partition coefficient (Wildman–Crippen LogP) is 3.41. The van der Waals surface area contributed by atoms with Gasteiger partial charge in [-0.2, -0.15) is 5.26 Å². The number of hydrogen-bond donors (Lipinski definition) is 1. The molecule has 0 spiro atoms. The van der Waals surface area contributed by atoms with Gasteiger partial charge in [0.1, 0.15) is 0 Å². The normalized spacial score (nSPS) is 24.1. The molecule has 0 aliphatic heterocycles. The molecule has 2 rings (SSSR count). The van der Waals surface area contributed by atoms with Crippen LogP contribution >= 0.6 is 0 Å². The molecule has 16 heavy (non-hydrogen) atoms. The quantitative estimate of drug-likeness (QED) is 0.819. The Morgan fingerprint density at radius 1 is 1.31 bits per heavy atom. The summed E-state index contributed by atoms with van der Waals surface area (Å²) in [5.41, 5.74) is 3.79. The summed E-state index contributed by atoms with van der Waals surface area (Å²) in [6.45, 7) is 4.25. The monoisotopic (exact) mass is 214 g/mol. The van der Waals surface area contributed by atoms with Crippen LogP contribution < -0.4 is 5.32 Å². The van der Waals surface area contributed by atoms with Crippen LogP contribution in [-0.4, -0.2) is 6.04 Å². The number of benzene rings is 1. The summed E-state index contributed by atoms with van der Waals surface area (Å²) < 4.78 is 0. The van der Waals surface area contributed by atoms with Crippen LogP contribution in [0.4, 0.5) is 5.69 Å². The molecule has 2 atom stereocenters. The highest BCUT2D eigenvalue weighted by Gasteiger charge is 2.27. The van der Waals surface area contributed by atoms with Crippen molar-refractivity contribution in [2.24, 2.45) is 5.92 Å². The van der Waals surface area contributed by atoms with E-state index in [0.717, 1.165) is 12.8 Å². The molecule has 0 aromatic heterocycles. The minimum atomic E-state index is 0.180. The molecular weight excluding hydrogens is 196 g/mol. The van der Waals surface area contributed by atoms with Crippen LogP contribution in [0, 0.1) is 31.1 Å². The zero-order valence-corrected chi connectivity index (χ0v) is 9.96. The van der Waals surface area contributed by atoms with Crippen molar-refractivity contribution in [3.63, 3.8) is 0 Å². The molecule has 0 radical (unpaired) electrons. The highest BCUT2D eigenvalue weighted by atomic mass is 14.9. The van der Waals surface area contributed by atoms with E-state index >= 15 is 0 Å². The van der Waals surface area contributed by atoms with Crippen molar-refractivity contribution in [3.8, 4) is 6.07 Å². The molecule has 1 aromatic rings. The summed E-state index contributed by atoms with van der Waals surface area (Å²) in [6.07, 6.45) is 3.32. The van der Waals surface area contributed by atoms with Crippen LogP contribution in [0.2, 0.25) is 0 Å². The van der Waals surface area contributed by atoms with E-state index in [0.29, 0.717) is 6.04 Å². The van der Waals surface area contributed by atoms with E-state index in [9.17, 15) is 0 Å². The third-order valence-electron chi connectivity index (χ3n) is 3.63. The Bertz CT molecular complexity index is 417. The van der Waals surface area contributed by atoms with Gasteiger partial charge in [0.05, 0.1) is 12.0 Å². The number of hydrogen-bond acceptors (Lipinski definition) is 2. The van der Waals surface area contributed by atoms with Crippen molar-refractivity contribution in [2.45, 2.75) is 39.2 Å². The number of nitrogens with one attached hydrogen (secondary N) is 1. The summed E-state index contributed by atoms with van der Waals surface area (Å²) in [6, 6.07) is 9.04. The maximum absolute atomic E-state index is 9.05. The first kappa shape index (κ1) is 11.0. The first-order valence-corrected chi connectivity index (χ1v) is 5.94. The van der Waals surface area contributed by atoms with E-state index in [1.807, 2.05) is 0 Å². The molecule has 1 N–H and O–H groups in total. The standard InChI is InChI=1S/C14H18N2/c1-10-5-3-7-13(11(10)2)16-14-8-4-6-12(14)9-15/h3,5,7,12,14,16H,4,6,8H2,1-2H3. The maximum Gasteiger partial charge on any atom is 0.0677 e. The third-order valence-corrected chi connectivity index (χ3v) is 3.63. The van der Waals surface area contributed by atoms with Crippen molar-refractivity contribution >= 4 is 5.69 Å². The molecule has 0 bridgehead atoms. The van der Waals surface area contributed by atoms with Crippen LogP contribution in [0.3, 0.4) is 0 Å². The van der Waals surface area contributed by atoms with Gasteiger partial charge < -0.3 is 5.32 Å². The second-order valence-electron chi connectivity index (χ2n) is 4.66. The van der Waals surface area contributed by atoms with Gasteiger partial charge in [0.25, 0.3) is 0 Å². The lowest BCUT2D eigenvalue weighted by Crippen LogP contribution is -2.23.